The van der Waals surface area contributed by atoms with Crippen LogP contribution in [0.2, 0.25) is 0 Å². The smallest absolute Gasteiger partial charge is 0.0603 e. The second kappa shape index (κ2) is 6.34. The molecule has 110 valence electrons. The Kier molecular flexibility index (Phi) is 4.41. The second-order valence-electron chi connectivity index (χ2n) is 4.53. The van der Waals surface area contributed by atoms with E-state index in [9.17, 15) is 0 Å². The van der Waals surface area contributed by atoms with Crippen LogP contribution < -0.4 is 0 Å². The molecule has 0 aliphatic carbocycles. The zero-order chi connectivity index (χ0) is 15.1. The van der Waals surface area contributed by atoms with Crippen molar-refractivity contribution in [3.05, 3.63) is 54.7 Å². The van der Waals surface area contributed by atoms with Crippen LogP contribution in [0.25, 0.3) is 30.6 Å². The number of rotatable bonds is 3. The van der Waals surface area contributed by atoms with E-state index in [4.69, 9.17) is 0 Å². The molecule has 22 heavy (non-hydrogen) atoms. The summed E-state index contributed by atoms with van der Waals surface area (Å²) < 4.78 is 2.27. The van der Waals surface area contributed by atoms with Crippen molar-refractivity contribution in [1.82, 2.24) is 0 Å². The summed E-state index contributed by atoms with van der Waals surface area (Å²) in [5.41, 5.74) is 2.67. The van der Waals surface area contributed by atoms with Crippen molar-refractivity contribution >= 4 is 77.2 Å². The Morgan fingerprint density at radius 3 is 2.14 bits per heavy atom. The fraction of sp³-hybridized carbons (Fsp3) is 0. The molecule has 0 aromatic carbocycles. The third-order valence-corrected chi connectivity index (χ3v) is 9.71. The molecule has 4 rings (SSSR count). The van der Waals surface area contributed by atoms with Gasteiger partial charge in [0.25, 0.3) is 0 Å². The summed E-state index contributed by atoms with van der Waals surface area (Å²) in [5.74, 6) is 0. The van der Waals surface area contributed by atoms with Crippen molar-refractivity contribution in [3.63, 3.8) is 0 Å². The molecular weight excluding hydrogens is 480 g/mol. The highest BCUT2D eigenvalue weighted by molar-refractivity contribution is 9.13. The van der Waals surface area contributed by atoms with Gasteiger partial charge >= 0.3 is 0 Å². The molecule has 0 aliphatic rings. The van der Waals surface area contributed by atoms with Crippen LogP contribution in [0.5, 0.6) is 0 Å². The first-order chi connectivity index (χ1) is 10.8. The molecule has 4 aromatic heterocycles. The predicted octanol–water partition coefficient (Wildman–Crippen LogP) is 8.46. The highest BCUT2D eigenvalue weighted by Crippen LogP contribution is 2.49. The quantitative estimate of drug-likeness (QED) is 0.271. The van der Waals surface area contributed by atoms with Gasteiger partial charge in [-0.1, -0.05) is 6.07 Å². The normalized spacial score (nSPS) is 11.2. The maximum absolute atomic E-state index is 3.70. The van der Waals surface area contributed by atoms with Crippen LogP contribution in [0.15, 0.2) is 54.7 Å². The summed E-state index contributed by atoms with van der Waals surface area (Å²) >= 11 is 14.5. The molecule has 6 heteroatoms. The van der Waals surface area contributed by atoms with E-state index in [0.29, 0.717) is 0 Å². The number of hydrogen-bond donors (Lipinski definition) is 0. The summed E-state index contributed by atoms with van der Waals surface area (Å²) in [6.07, 6.45) is 0. The minimum absolute atomic E-state index is 1.12. The lowest BCUT2D eigenvalue weighted by molar-refractivity contribution is 1.76. The number of thiophene rings is 4. The van der Waals surface area contributed by atoms with E-state index in [2.05, 4.69) is 77.6 Å². The van der Waals surface area contributed by atoms with Crippen LogP contribution in [0.1, 0.15) is 0 Å². The monoisotopic (exact) mass is 486 g/mol. The maximum atomic E-state index is 3.70. The zero-order valence-corrected chi connectivity index (χ0v) is 17.4. The summed E-state index contributed by atoms with van der Waals surface area (Å²) in [5, 5.41) is 8.64. The molecule has 0 saturated heterocycles. The first-order valence-corrected chi connectivity index (χ1v) is 11.5. The van der Waals surface area contributed by atoms with Gasteiger partial charge in [-0.05, 0) is 66.2 Å². The molecule has 4 heterocycles. The van der Waals surface area contributed by atoms with Crippen molar-refractivity contribution in [2.45, 2.75) is 0 Å². The molecule has 0 radical (unpaired) electrons. The Labute approximate surface area is 161 Å². The first kappa shape index (κ1) is 15.3. The Morgan fingerprint density at radius 2 is 1.45 bits per heavy atom. The van der Waals surface area contributed by atoms with E-state index in [1.807, 2.05) is 11.3 Å². The van der Waals surface area contributed by atoms with Crippen LogP contribution in [0.4, 0.5) is 0 Å². The largest absolute Gasteiger partial charge is 0.144 e. The molecule has 0 nitrogen and oxygen atoms in total. The van der Waals surface area contributed by atoms with E-state index in [0.717, 1.165) is 8.95 Å². The zero-order valence-electron chi connectivity index (χ0n) is 11.0. The lowest BCUT2D eigenvalue weighted by atomic mass is 10.1. The van der Waals surface area contributed by atoms with Gasteiger partial charge in [-0.2, -0.15) is 0 Å². The summed E-state index contributed by atoms with van der Waals surface area (Å²) in [4.78, 5) is 5.32. The highest BCUT2D eigenvalue weighted by atomic mass is 79.9. The molecular formula is C16H8Br2S4. The minimum atomic E-state index is 1.12. The maximum Gasteiger partial charge on any atom is 0.0603 e. The van der Waals surface area contributed by atoms with Gasteiger partial charge in [-0.15, -0.1) is 45.3 Å². The average molecular weight is 488 g/mol. The predicted molar refractivity (Wildman–Crippen MR) is 110 cm³/mol. The van der Waals surface area contributed by atoms with E-state index >= 15 is 0 Å². The molecule has 0 aliphatic heterocycles. The van der Waals surface area contributed by atoms with Crippen LogP contribution in [-0.4, -0.2) is 0 Å². The van der Waals surface area contributed by atoms with Crippen LogP contribution in [-0.2, 0) is 0 Å². The topological polar surface area (TPSA) is 0 Å². The van der Waals surface area contributed by atoms with Crippen molar-refractivity contribution in [2.24, 2.45) is 0 Å². The molecule has 4 aromatic rings. The molecule has 0 N–H and O–H groups in total. The molecule has 0 bridgehead atoms. The molecule has 0 fully saturated rings. The van der Waals surface area contributed by atoms with Gasteiger partial charge in [0, 0.05) is 30.7 Å². The van der Waals surface area contributed by atoms with E-state index < -0.39 is 0 Å². The third kappa shape index (κ3) is 2.60. The average Bonchev–Trinajstić information content (AvgIpc) is 3.25. The van der Waals surface area contributed by atoms with Gasteiger partial charge in [0.15, 0.2) is 0 Å². The molecule has 0 saturated carbocycles. The van der Waals surface area contributed by atoms with E-state index in [-0.39, 0.29) is 0 Å². The van der Waals surface area contributed by atoms with Gasteiger partial charge in [-0.25, -0.2) is 0 Å². The molecule has 0 spiro atoms. The van der Waals surface area contributed by atoms with Gasteiger partial charge < -0.3 is 0 Å². The molecule has 0 amide bonds. The van der Waals surface area contributed by atoms with Crippen molar-refractivity contribution in [1.29, 1.82) is 0 Å². The van der Waals surface area contributed by atoms with Crippen LogP contribution in [0.3, 0.4) is 0 Å². The fourth-order valence-electron chi connectivity index (χ4n) is 2.28. The Hall–Kier alpha value is -0.240. The fourth-order valence-corrected chi connectivity index (χ4v) is 7.50. The van der Waals surface area contributed by atoms with Crippen molar-refractivity contribution < 1.29 is 0 Å². The van der Waals surface area contributed by atoms with Gasteiger partial charge in [-0.3, -0.25) is 0 Å². The standard InChI is InChI=1S/C16H8Br2S4/c17-11-8-22-16(13(11)18)15-10(4-7-21-15)14-9(3-6-20-14)12-2-1-5-19-12/h1-8H. The summed E-state index contributed by atoms with van der Waals surface area (Å²) in [6.45, 7) is 0. The molecule has 0 atom stereocenters. The Morgan fingerprint density at radius 1 is 0.682 bits per heavy atom. The van der Waals surface area contributed by atoms with Gasteiger partial charge in [0.2, 0.25) is 0 Å². The van der Waals surface area contributed by atoms with Crippen molar-refractivity contribution in [3.8, 4) is 30.6 Å². The first-order valence-electron chi connectivity index (χ1n) is 6.38. The lowest BCUT2D eigenvalue weighted by Crippen LogP contribution is -1.77. The lowest BCUT2D eigenvalue weighted by Gasteiger charge is -2.04. The third-order valence-electron chi connectivity index (χ3n) is 3.26. The van der Waals surface area contributed by atoms with Crippen LogP contribution >= 0.6 is 77.2 Å². The number of hydrogen-bond acceptors (Lipinski definition) is 4. The van der Waals surface area contributed by atoms with Crippen molar-refractivity contribution in [2.75, 3.05) is 0 Å². The van der Waals surface area contributed by atoms with Gasteiger partial charge in [0.1, 0.15) is 0 Å². The minimum Gasteiger partial charge on any atom is -0.144 e. The Bertz CT molecular complexity index is 912. The number of halogens is 2. The van der Waals surface area contributed by atoms with E-state index in [1.54, 1.807) is 34.0 Å². The van der Waals surface area contributed by atoms with Crippen LogP contribution in [0, 0.1) is 0 Å². The summed E-state index contributed by atoms with van der Waals surface area (Å²) in [6, 6.07) is 8.78. The van der Waals surface area contributed by atoms with E-state index in [1.165, 1.54) is 30.6 Å². The SMILES string of the molecule is Brc1csc(-c2sccc2-c2sccc2-c2cccs2)c1Br. The molecule has 0 unspecified atom stereocenters. The second-order valence-corrected chi connectivity index (χ2v) is 9.84. The summed E-state index contributed by atoms with van der Waals surface area (Å²) in [7, 11) is 0. The Balaban J connectivity index is 1.88. The van der Waals surface area contributed by atoms with Gasteiger partial charge in [0.05, 0.1) is 14.2 Å². The highest BCUT2D eigenvalue weighted by Gasteiger charge is 2.19.